The predicted molar refractivity (Wildman–Crippen MR) is 117 cm³/mol. The topological polar surface area (TPSA) is 75.7 Å². The molecule has 0 heterocycles. The Kier molecular flexibility index (Phi) is 7.08. The molecule has 1 amide bonds. The summed E-state index contributed by atoms with van der Waals surface area (Å²) in [5.41, 5.74) is 1.56. The molecule has 0 radical (unpaired) electrons. The zero-order valence-electron chi connectivity index (χ0n) is 16.7. The Morgan fingerprint density at radius 3 is 2.13 bits per heavy atom. The third kappa shape index (κ3) is 5.61. The van der Waals surface area contributed by atoms with Crippen molar-refractivity contribution in [2.75, 3.05) is 24.0 Å². The molecule has 7 heteroatoms. The average molecular weight is 425 g/mol. The van der Waals surface area contributed by atoms with E-state index in [0.717, 1.165) is 9.87 Å². The van der Waals surface area contributed by atoms with Gasteiger partial charge in [0, 0.05) is 0 Å². The van der Waals surface area contributed by atoms with Gasteiger partial charge in [-0.05, 0) is 43.3 Å². The third-order valence-corrected chi connectivity index (χ3v) is 6.16. The van der Waals surface area contributed by atoms with Gasteiger partial charge in [-0.3, -0.25) is 9.10 Å². The maximum absolute atomic E-state index is 13.1. The first-order valence-corrected chi connectivity index (χ1v) is 11.0. The van der Waals surface area contributed by atoms with Crippen molar-refractivity contribution in [2.24, 2.45) is 0 Å². The van der Waals surface area contributed by atoms with Crippen molar-refractivity contribution < 1.29 is 17.9 Å². The minimum Gasteiger partial charge on any atom is -0.492 e. The summed E-state index contributed by atoms with van der Waals surface area (Å²) >= 11 is 0. The van der Waals surface area contributed by atoms with Gasteiger partial charge in [-0.2, -0.15) is 0 Å². The second-order valence-corrected chi connectivity index (χ2v) is 8.53. The first kappa shape index (κ1) is 21.4. The van der Waals surface area contributed by atoms with Crippen LogP contribution in [0, 0.1) is 6.92 Å². The van der Waals surface area contributed by atoms with E-state index in [1.165, 1.54) is 12.1 Å². The van der Waals surface area contributed by atoms with E-state index in [2.05, 4.69) is 5.32 Å². The lowest BCUT2D eigenvalue weighted by atomic mass is 10.2. The molecule has 3 aromatic rings. The molecule has 0 aliphatic heterocycles. The molecular formula is C23H24N2O4S. The van der Waals surface area contributed by atoms with Crippen LogP contribution in [0.15, 0.2) is 89.8 Å². The first-order chi connectivity index (χ1) is 14.5. The summed E-state index contributed by atoms with van der Waals surface area (Å²) < 4.78 is 33.0. The standard InChI is InChI=1S/C23H24N2O4S/c1-19-12-14-21(15-13-19)29-17-16-24-23(26)18-25(20-8-4-2-5-9-20)30(27,28)22-10-6-3-7-11-22/h2-15H,16-18H2,1H3,(H,24,26). The number of hydrogen-bond donors (Lipinski definition) is 1. The van der Waals surface area contributed by atoms with Crippen LogP contribution < -0.4 is 14.4 Å². The molecule has 3 rings (SSSR count). The molecule has 0 saturated heterocycles. The molecule has 3 aromatic carbocycles. The van der Waals surface area contributed by atoms with E-state index in [-0.39, 0.29) is 24.6 Å². The molecule has 0 aliphatic rings. The maximum Gasteiger partial charge on any atom is 0.264 e. The predicted octanol–water partition coefficient (Wildman–Crippen LogP) is 3.39. The van der Waals surface area contributed by atoms with Crippen LogP contribution in [0.3, 0.4) is 0 Å². The van der Waals surface area contributed by atoms with Crippen LogP contribution in [0.1, 0.15) is 5.56 Å². The van der Waals surface area contributed by atoms with E-state index in [9.17, 15) is 13.2 Å². The fourth-order valence-corrected chi connectivity index (χ4v) is 4.25. The fraction of sp³-hybridized carbons (Fsp3) is 0.174. The smallest absolute Gasteiger partial charge is 0.264 e. The molecule has 0 aliphatic carbocycles. The number of sulfonamides is 1. The molecule has 30 heavy (non-hydrogen) atoms. The van der Waals surface area contributed by atoms with Crippen molar-refractivity contribution in [3.63, 3.8) is 0 Å². The number of anilines is 1. The van der Waals surface area contributed by atoms with Gasteiger partial charge in [-0.1, -0.05) is 54.1 Å². The van der Waals surface area contributed by atoms with E-state index in [0.29, 0.717) is 11.4 Å². The van der Waals surface area contributed by atoms with Crippen LogP contribution in [0.2, 0.25) is 0 Å². The van der Waals surface area contributed by atoms with Gasteiger partial charge in [0.05, 0.1) is 17.1 Å². The van der Waals surface area contributed by atoms with Crippen molar-refractivity contribution in [2.45, 2.75) is 11.8 Å². The number of nitrogens with zero attached hydrogens (tertiary/aromatic N) is 1. The Balaban J connectivity index is 1.64. The summed E-state index contributed by atoms with van der Waals surface area (Å²) in [7, 11) is -3.89. The number of nitrogens with one attached hydrogen (secondary N) is 1. The third-order valence-electron chi connectivity index (χ3n) is 4.38. The molecule has 6 nitrogen and oxygen atoms in total. The molecule has 0 bridgehead atoms. The van der Waals surface area contributed by atoms with Crippen LogP contribution in [-0.2, 0) is 14.8 Å². The summed E-state index contributed by atoms with van der Waals surface area (Å²) in [5.74, 6) is 0.304. The largest absolute Gasteiger partial charge is 0.492 e. The summed E-state index contributed by atoms with van der Waals surface area (Å²) in [6.07, 6.45) is 0. The maximum atomic E-state index is 13.1. The number of para-hydroxylation sites is 1. The molecular weight excluding hydrogens is 400 g/mol. The number of benzene rings is 3. The van der Waals surface area contributed by atoms with E-state index in [4.69, 9.17) is 4.74 Å². The zero-order chi connectivity index (χ0) is 21.4. The van der Waals surface area contributed by atoms with Crippen LogP contribution >= 0.6 is 0 Å². The second-order valence-electron chi connectivity index (χ2n) is 6.67. The van der Waals surface area contributed by atoms with Gasteiger partial charge in [0.15, 0.2) is 0 Å². The Labute approximate surface area is 177 Å². The highest BCUT2D eigenvalue weighted by molar-refractivity contribution is 7.92. The molecule has 0 saturated carbocycles. The summed E-state index contributed by atoms with van der Waals surface area (Å²) in [6.45, 7) is 2.21. The molecule has 0 spiro atoms. The lowest BCUT2D eigenvalue weighted by Crippen LogP contribution is -2.41. The van der Waals surface area contributed by atoms with Crippen LogP contribution in [-0.4, -0.2) is 34.0 Å². The van der Waals surface area contributed by atoms with Crippen LogP contribution in [0.5, 0.6) is 5.75 Å². The Morgan fingerprint density at radius 1 is 0.900 bits per heavy atom. The number of ether oxygens (including phenoxy) is 1. The number of carbonyl (C=O) groups is 1. The van der Waals surface area contributed by atoms with Crippen molar-refractivity contribution in [3.8, 4) is 5.75 Å². The molecule has 0 fully saturated rings. The highest BCUT2D eigenvalue weighted by Gasteiger charge is 2.26. The van der Waals surface area contributed by atoms with Gasteiger partial charge in [0.2, 0.25) is 5.91 Å². The van der Waals surface area contributed by atoms with Gasteiger partial charge >= 0.3 is 0 Å². The number of amides is 1. The van der Waals surface area contributed by atoms with Gasteiger partial charge < -0.3 is 10.1 Å². The molecule has 0 unspecified atom stereocenters. The highest BCUT2D eigenvalue weighted by Crippen LogP contribution is 2.23. The number of carbonyl (C=O) groups excluding carboxylic acids is 1. The van der Waals surface area contributed by atoms with Gasteiger partial charge in [-0.15, -0.1) is 0 Å². The van der Waals surface area contributed by atoms with Crippen LogP contribution in [0.4, 0.5) is 5.69 Å². The van der Waals surface area contributed by atoms with Crippen molar-refractivity contribution >= 4 is 21.6 Å². The monoisotopic (exact) mass is 424 g/mol. The summed E-state index contributed by atoms with van der Waals surface area (Å²) in [4.78, 5) is 12.6. The van der Waals surface area contributed by atoms with E-state index in [1.54, 1.807) is 48.5 Å². The molecule has 0 atom stereocenters. The summed E-state index contributed by atoms with van der Waals surface area (Å²) in [6, 6.07) is 24.3. The minimum absolute atomic E-state index is 0.129. The SMILES string of the molecule is Cc1ccc(OCCNC(=O)CN(c2ccccc2)S(=O)(=O)c2ccccc2)cc1. The normalized spacial score (nSPS) is 11.0. The van der Waals surface area contributed by atoms with Gasteiger partial charge in [0.1, 0.15) is 18.9 Å². The highest BCUT2D eigenvalue weighted by atomic mass is 32.2. The van der Waals surface area contributed by atoms with E-state index >= 15 is 0 Å². The molecule has 1 N–H and O–H groups in total. The average Bonchev–Trinajstić information content (AvgIpc) is 2.77. The molecule has 156 valence electrons. The lowest BCUT2D eigenvalue weighted by molar-refractivity contribution is -0.119. The Morgan fingerprint density at radius 2 is 1.50 bits per heavy atom. The van der Waals surface area contributed by atoms with Crippen molar-refractivity contribution in [1.29, 1.82) is 0 Å². The quantitative estimate of drug-likeness (QED) is 0.534. The minimum atomic E-state index is -3.89. The fourth-order valence-electron chi connectivity index (χ4n) is 2.81. The van der Waals surface area contributed by atoms with Crippen molar-refractivity contribution in [3.05, 3.63) is 90.5 Å². The second kappa shape index (κ2) is 9.93. The summed E-state index contributed by atoms with van der Waals surface area (Å²) in [5, 5.41) is 2.72. The van der Waals surface area contributed by atoms with Gasteiger partial charge in [-0.25, -0.2) is 8.42 Å². The Bertz CT molecular complexity index is 1050. The molecule has 0 aromatic heterocycles. The van der Waals surface area contributed by atoms with Crippen LogP contribution in [0.25, 0.3) is 0 Å². The van der Waals surface area contributed by atoms with E-state index in [1.807, 2.05) is 31.2 Å². The van der Waals surface area contributed by atoms with E-state index < -0.39 is 15.9 Å². The van der Waals surface area contributed by atoms with Gasteiger partial charge in [0.25, 0.3) is 10.0 Å². The first-order valence-electron chi connectivity index (χ1n) is 9.56. The number of rotatable bonds is 9. The Hall–Kier alpha value is -3.32. The number of hydrogen-bond acceptors (Lipinski definition) is 4. The lowest BCUT2D eigenvalue weighted by Gasteiger charge is -2.24. The van der Waals surface area contributed by atoms with Crippen molar-refractivity contribution in [1.82, 2.24) is 5.32 Å². The number of aryl methyl sites for hydroxylation is 1. The zero-order valence-corrected chi connectivity index (χ0v) is 17.5.